The third kappa shape index (κ3) is 3.82. The Hall–Kier alpha value is -3.07. The summed E-state index contributed by atoms with van der Waals surface area (Å²) in [6, 6.07) is 26.0. The molecule has 0 aromatic heterocycles. The number of benzene rings is 3. The van der Waals surface area contributed by atoms with Gasteiger partial charge in [0.15, 0.2) is 0 Å². The first-order valence-corrected chi connectivity index (χ1v) is 7.83. The Morgan fingerprint density at radius 1 is 0.833 bits per heavy atom. The molecule has 0 aliphatic carbocycles. The molecule has 0 bridgehead atoms. The third-order valence-electron chi connectivity index (χ3n) is 3.86. The molecule has 0 unspecified atom stereocenters. The molecule has 120 valence electrons. The molecule has 0 saturated carbocycles. The molecule has 0 fully saturated rings. The smallest absolute Gasteiger partial charge is 0.337 e. The highest BCUT2D eigenvalue weighted by Crippen LogP contribution is 2.21. The van der Waals surface area contributed by atoms with Crippen molar-refractivity contribution in [2.75, 3.05) is 12.4 Å². The highest BCUT2D eigenvalue weighted by Gasteiger charge is 2.05. The zero-order valence-corrected chi connectivity index (χ0v) is 13.5. The van der Waals surface area contributed by atoms with E-state index in [9.17, 15) is 4.79 Å². The monoisotopic (exact) mass is 317 g/mol. The number of nitrogens with one attached hydrogen (secondary N) is 1. The second-order valence-corrected chi connectivity index (χ2v) is 5.49. The maximum absolute atomic E-state index is 11.5. The largest absolute Gasteiger partial charge is 0.465 e. The number of carbonyl (C=O) groups is 1. The molecule has 24 heavy (non-hydrogen) atoms. The summed E-state index contributed by atoms with van der Waals surface area (Å²) in [6.07, 6.45) is 0. The SMILES string of the molecule is COC(=O)c1ccc(-c2ccc(CNc3ccccc3)cc2)cc1. The molecule has 0 heterocycles. The van der Waals surface area contributed by atoms with E-state index in [0.717, 1.165) is 23.4 Å². The van der Waals surface area contributed by atoms with Gasteiger partial charge in [0.1, 0.15) is 0 Å². The van der Waals surface area contributed by atoms with Gasteiger partial charge in [-0.3, -0.25) is 0 Å². The summed E-state index contributed by atoms with van der Waals surface area (Å²) in [5, 5.41) is 3.40. The molecule has 3 nitrogen and oxygen atoms in total. The van der Waals surface area contributed by atoms with Crippen LogP contribution in [0.1, 0.15) is 15.9 Å². The molecule has 1 N–H and O–H groups in total. The van der Waals surface area contributed by atoms with Gasteiger partial charge in [0.25, 0.3) is 0 Å². The number of ether oxygens (including phenoxy) is 1. The van der Waals surface area contributed by atoms with Crippen molar-refractivity contribution in [1.29, 1.82) is 0 Å². The molecule has 0 aliphatic rings. The van der Waals surface area contributed by atoms with Crippen molar-refractivity contribution in [2.45, 2.75) is 6.54 Å². The number of methoxy groups -OCH3 is 1. The first-order chi connectivity index (χ1) is 11.8. The number of carbonyl (C=O) groups excluding carboxylic acids is 1. The summed E-state index contributed by atoms with van der Waals surface area (Å²) >= 11 is 0. The molecule has 0 radical (unpaired) electrons. The summed E-state index contributed by atoms with van der Waals surface area (Å²) in [5.74, 6) is -0.316. The van der Waals surface area contributed by atoms with Crippen LogP contribution < -0.4 is 5.32 Å². The zero-order chi connectivity index (χ0) is 16.8. The summed E-state index contributed by atoms with van der Waals surface area (Å²) in [4.78, 5) is 11.5. The Balaban J connectivity index is 1.67. The van der Waals surface area contributed by atoms with Gasteiger partial charge >= 0.3 is 5.97 Å². The number of esters is 1. The fourth-order valence-corrected chi connectivity index (χ4v) is 2.49. The second-order valence-electron chi connectivity index (χ2n) is 5.49. The highest BCUT2D eigenvalue weighted by molar-refractivity contribution is 5.89. The zero-order valence-electron chi connectivity index (χ0n) is 13.5. The minimum atomic E-state index is -0.316. The van der Waals surface area contributed by atoms with E-state index < -0.39 is 0 Å². The molecule has 0 saturated heterocycles. The van der Waals surface area contributed by atoms with Gasteiger partial charge in [-0.05, 0) is 41.0 Å². The minimum absolute atomic E-state index is 0.316. The molecule has 3 heteroatoms. The Morgan fingerprint density at radius 3 is 2.00 bits per heavy atom. The van der Waals surface area contributed by atoms with Gasteiger partial charge in [0, 0.05) is 12.2 Å². The molecule has 0 spiro atoms. The molecule has 0 aliphatic heterocycles. The van der Waals surface area contributed by atoms with Gasteiger partial charge in [-0.1, -0.05) is 54.6 Å². The predicted molar refractivity (Wildman–Crippen MR) is 97.0 cm³/mol. The second kappa shape index (κ2) is 7.47. The lowest BCUT2D eigenvalue weighted by molar-refractivity contribution is 0.0601. The molecule has 0 atom stereocenters. The number of hydrogen-bond acceptors (Lipinski definition) is 3. The van der Waals surface area contributed by atoms with Crippen molar-refractivity contribution in [3.63, 3.8) is 0 Å². The van der Waals surface area contributed by atoms with E-state index in [1.807, 2.05) is 30.3 Å². The van der Waals surface area contributed by atoms with Crippen LogP contribution >= 0.6 is 0 Å². The normalized spacial score (nSPS) is 10.2. The van der Waals surface area contributed by atoms with E-state index in [1.165, 1.54) is 12.7 Å². The number of hydrogen-bond donors (Lipinski definition) is 1. The van der Waals surface area contributed by atoms with E-state index in [2.05, 4.69) is 41.7 Å². The third-order valence-corrected chi connectivity index (χ3v) is 3.86. The Labute approximate surface area is 141 Å². The van der Waals surface area contributed by atoms with Gasteiger partial charge in [0.05, 0.1) is 12.7 Å². The van der Waals surface area contributed by atoms with Crippen molar-refractivity contribution in [3.8, 4) is 11.1 Å². The molecular weight excluding hydrogens is 298 g/mol. The number of para-hydroxylation sites is 1. The van der Waals surface area contributed by atoms with Crippen LogP contribution in [-0.2, 0) is 11.3 Å². The molecule has 0 amide bonds. The number of anilines is 1. The Morgan fingerprint density at radius 2 is 1.42 bits per heavy atom. The number of rotatable bonds is 5. The van der Waals surface area contributed by atoms with Crippen molar-refractivity contribution in [1.82, 2.24) is 0 Å². The lowest BCUT2D eigenvalue weighted by Crippen LogP contribution is -2.00. The molecule has 3 aromatic rings. The van der Waals surface area contributed by atoms with Crippen LogP contribution in [0.4, 0.5) is 5.69 Å². The van der Waals surface area contributed by atoms with Gasteiger partial charge in [-0.2, -0.15) is 0 Å². The standard InChI is InChI=1S/C21H19NO2/c1-24-21(23)19-13-11-18(12-14-19)17-9-7-16(8-10-17)15-22-20-5-3-2-4-6-20/h2-14,22H,15H2,1H3. The van der Waals surface area contributed by atoms with Crippen molar-refractivity contribution in [2.24, 2.45) is 0 Å². The van der Waals surface area contributed by atoms with Crippen LogP contribution in [0.3, 0.4) is 0 Å². The van der Waals surface area contributed by atoms with E-state index in [1.54, 1.807) is 12.1 Å². The van der Waals surface area contributed by atoms with Crippen molar-refractivity contribution >= 4 is 11.7 Å². The van der Waals surface area contributed by atoms with E-state index in [-0.39, 0.29) is 5.97 Å². The minimum Gasteiger partial charge on any atom is -0.465 e. The molecule has 3 rings (SSSR count). The lowest BCUT2D eigenvalue weighted by Gasteiger charge is -2.08. The maximum Gasteiger partial charge on any atom is 0.337 e. The topological polar surface area (TPSA) is 38.3 Å². The summed E-state index contributed by atoms with van der Waals surface area (Å²) in [5.41, 5.74) is 5.08. The van der Waals surface area contributed by atoms with Crippen molar-refractivity contribution in [3.05, 3.63) is 90.0 Å². The van der Waals surface area contributed by atoms with Gasteiger partial charge in [0.2, 0.25) is 0 Å². The Kier molecular flexibility index (Phi) is 4.92. The van der Waals surface area contributed by atoms with E-state index in [4.69, 9.17) is 4.74 Å². The van der Waals surface area contributed by atoms with E-state index in [0.29, 0.717) is 5.56 Å². The van der Waals surface area contributed by atoms with Crippen LogP contribution in [0, 0.1) is 0 Å². The fourth-order valence-electron chi connectivity index (χ4n) is 2.49. The van der Waals surface area contributed by atoms with Gasteiger partial charge in [-0.25, -0.2) is 4.79 Å². The summed E-state index contributed by atoms with van der Waals surface area (Å²) < 4.78 is 4.72. The summed E-state index contributed by atoms with van der Waals surface area (Å²) in [7, 11) is 1.39. The quantitative estimate of drug-likeness (QED) is 0.690. The summed E-state index contributed by atoms with van der Waals surface area (Å²) in [6.45, 7) is 0.783. The predicted octanol–water partition coefficient (Wildman–Crippen LogP) is 4.75. The van der Waals surface area contributed by atoms with Crippen LogP contribution in [0.15, 0.2) is 78.9 Å². The lowest BCUT2D eigenvalue weighted by atomic mass is 10.0. The first kappa shape index (κ1) is 15.8. The molecular formula is C21H19NO2. The van der Waals surface area contributed by atoms with E-state index >= 15 is 0 Å². The van der Waals surface area contributed by atoms with Gasteiger partial charge in [-0.15, -0.1) is 0 Å². The van der Waals surface area contributed by atoms with Crippen LogP contribution in [0.25, 0.3) is 11.1 Å². The first-order valence-electron chi connectivity index (χ1n) is 7.83. The maximum atomic E-state index is 11.5. The highest BCUT2D eigenvalue weighted by atomic mass is 16.5. The van der Waals surface area contributed by atoms with Crippen LogP contribution in [-0.4, -0.2) is 13.1 Å². The average Bonchev–Trinajstić information content (AvgIpc) is 2.67. The molecule has 3 aromatic carbocycles. The Bertz CT molecular complexity index is 794. The van der Waals surface area contributed by atoms with Crippen molar-refractivity contribution < 1.29 is 9.53 Å². The fraction of sp³-hybridized carbons (Fsp3) is 0.0952. The van der Waals surface area contributed by atoms with Gasteiger partial charge < -0.3 is 10.1 Å². The van der Waals surface area contributed by atoms with Crippen LogP contribution in [0.5, 0.6) is 0 Å². The van der Waals surface area contributed by atoms with Crippen LogP contribution in [0.2, 0.25) is 0 Å². The average molecular weight is 317 g/mol.